The van der Waals surface area contributed by atoms with Crippen LogP contribution in [0, 0.1) is 6.92 Å². The molecule has 112 valence electrons. The van der Waals surface area contributed by atoms with Crippen molar-refractivity contribution in [2.75, 3.05) is 14.2 Å². The number of furan rings is 1. The van der Waals surface area contributed by atoms with Crippen LogP contribution in [0.15, 0.2) is 40.8 Å². The molecule has 0 aliphatic heterocycles. The fourth-order valence-corrected chi connectivity index (χ4v) is 2.16. The third-order valence-electron chi connectivity index (χ3n) is 3.38. The number of nitrogens with zero attached hydrogens (tertiary/aromatic N) is 1. The first-order valence-electron chi connectivity index (χ1n) is 7.00. The Hall–Kier alpha value is -2.23. The maximum Gasteiger partial charge on any atom is 0.223 e. The molecule has 0 aliphatic rings. The van der Waals surface area contributed by atoms with E-state index in [0.29, 0.717) is 19.4 Å². The summed E-state index contributed by atoms with van der Waals surface area (Å²) in [5, 5.41) is 0. The predicted octanol–water partition coefficient (Wildman–Crippen LogP) is 3.19. The molecule has 0 unspecified atom stereocenters. The fourth-order valence-electron chi connectivity index (χ4n) is 2.16. The molecule has 0 fully saturated rings. The van der Waals surface area contributed by atoms with Gasteiger partial charge in [0, 0.05) is 13.5 Å². The first-order valence-corrected chi connectivity index (χ1v) is 7.00. The summed E-state index contributed by atoms with van der Waals surface area (Å²) in [7, 11) is 3.44. The fraction of sp³-hybridized carbons (Fsp3) is 0.353. The molecule has 0 bridgehead atoms. The van der Waals surface area contributed by atoms with Gasteiger partial charge >= 0.3 is 0 Å². The topological polar surface area (TPSA) is 42.7 Å². The van der Waals surface area contributed by atoms with Gasteiger partial charge in [0.05, 0.1) is 13.7 Å². The van der Waals surface area contributed by atoms with E-state index < -0.39 is 0 Å². The van der Waals surface area contributed by atoms with Crippen molar-refractivity contribution in [3.63, 3.8) is 0 Å². The standard InChI is InChI=1S/C17H21NO3/c1-13-7-9-16(21-13)12-18(2)17(19)10-8-14-5-4-6-15(11-14)20-3/h4-7,9,11H,8,10,12H2,1-3H3. The molecular weight excluding hydrogens is 266 g/mol. The Morgan fingerprint density at radius 1 is 1.29 bits per heavy atom. The number of carbonyl (C=O) groups is 1. The summed E-state index contributed by atoms with van der Waals surface area (Å²) in [6.45, 7) is 2.40. The molecule has 21 heavy (non-hydrogen) atoms. The Morgan fingerprint density at radius 2 is 2.10 bits per heavy atom. The van der Waals surface area contributed by atoms with Crippen LogP contribution in [0.4, 0.5) is 0 Å². The third-order valence-corrected chi connectivity index (χ3v) is 3.38. The van der Waals surface area contributed by atoms with Gasteiger partial charge in [-0.1, -0.05) is 12.1 Å². The SMILES string of the molecule is COc1cccc(CCC(=O)N(C)Cc2ccc(C)o2)c1. The van der Waals surface area contributed by atoms with Crippen molar-refractivity contribution in [3.05, 3.63) is 53.5 Å². The van der Waals surface area contributed by atoms with Crippen LogP contribution in [0.2, 0.25) is 0 Å². The number of rotatable bonds is 6. The van der Waals surface area contributed by atoms with E-state index in [1.165, 1.54) is 0 Å². The molecule has 0 saturated carbocycles. The highest BCUT2D eigenvalue weighted by atomic mass is 16.5. The first-order chi connectivity index (χ1) is 10.1. The Morgan fingerprint density at radius 3 is 2.76 bits per heavy atom. The summed E-state index contributed by atoms with van der Waals surface area (Å²) in [4.78, 5) is 13.8. The number of amides is 1. The normalized spacial score (nSPS) is 10.4. The number of benzene rings is 1. The highest BCUT2D eigenvalue weighted by Crippen LogP contribution is 2.15. The zero-order chi connectivity index (χ0) is 15.2. The molecule has 1 amide bonds. The van der Waals surface area contributed by atoms with Crippen molar-refractivity contribution in [2.45, 2.75) is 26.3 Å². The summed E-state index contributed by atoms with van der Waals surface area (Å²) in [6, 6.07) is 11.6. The van der Waals surface area contributed by atoms with Gasteiger partial charge in [0.1, 0.15) is 17.3 Å². The van der Waals surface area contributed by atoms with Gasteiger partial charge < -0.3 is 14.1 Å². The lowest BCUT2D eigenvalue weighted by molar-refractivity contribution is -0.130. The first kappa shape index (κ1) is 15.2. The van der Waals surface area contributed by atoms with Crippen molar-refractivity contribution in [1.29, 1.82) is 0 Å². The number of hydrogen-bond acceptors (Lipinski definition) is 3. The van der Waals surface area contributed by atoms with Gasteiger partial charge in [-0.25, -0.2) is 0 Å². The van der Waals surface area contributed by atoms with Crippen LogP contribution in [-0.4, -0.2) is 25.0 Å². The van der Waals surface area contributed by atoms with Crippen LogP contribution in [0.3, 0.4) is 0 Å². The van der Waals surface area contributed by atoms with Gasteiger partial charge in [-0.05, 0) is 43.2 Å². The van der Waals surface area contributed by atoms with Gasteiger partial charge in [-0.2, -0.15) is 0 Å². The lowest BCUT2D eigenvalue weighted by atomic mass is 10.1. The number of ether oxygens (including phenoxy) is 1. The molecule has 0 saturated heterocycles. The summed E-state index contributed by atoms with van der Waals surface area (Å²) in [5.74, 6) is 2.60. The highest BCUT2D eigenvalue weighted by molar-refractivity contribution is 5.76. The van der Waals surface area contributed by atoms with Gasteiger partial charge in [0.25, 0.3) is 0 Å². The molecule has 0 atom stereocenters. The van der Waals surface area contributed by atoms with E-state index in [4.69, 9.17) is 9.15 Å². The van der Waals surface area contributed by atoms with E-state index in [-0.39, 0.29) is 5.91 Å². The van der Waals surface area contributed by atoms with E-state index in [0.717, 1.165) is 22.8 Å². The molecule has 0 N–H and O–H groups in total. The Bertz CT molecular complexity index is 604. The molecule has 4 nitrogen and oxygen atoms in total. The van der Waals surface area contributed by atoms with E-state index in [1.54, 1.807) is 19.1 Å². The van der Waals surface area contributed by atoms with Gasteiger partial charge in [-0.3, -0.25) is 4.79 Å². The number of aryl methyl sites for hydroxylation is 2. The van der Waals surface area contributed by atoms with Crippen LogP contribution in [0.25, 0.3) is 0 Å². The molecule has 0 aliphatic carbocycles. The van der Waals surface area contributed by atoms with Crippen LogP contribution >= 0.6 is 0 Å². The molecular formula is C17H21NO3. The quantitative estimate of drug-likeness (QED) is 0.819. The summed E-state index contributed by atoms with van der Waals surface area (Å²) in [6.07, 6.45) is 1.18. The maximum absolute atomic E-state index is 12.1. The van der Waals surface area contributed by atoms with E-state index >= 15 is 0 Å². The zero-order valence-corrected chi connectivity index (χ0v) is 12.8. The van der Waals surface area contributed by atoms with Crippen molar-refractivity contribution in [1.82, 2.24) is 4.90 Å². The molecule has 2 aromatic rings. The van der Waals surface area contributed by atoms with Crippen molar-refractivity contribution >= 4 is 5.91 Å². The minimum absolute atomic E-state index is 0.104. The average molecular weight is 287 g/mol. The minimum Gasteiger partial charge on any atom is -0.497 e. The molecule has 0 radical (unpaired) electrons. The third kappa shape index (κ3) is 4.38. The predicted molar refractivity (Wildman–Crippen MR) is 81.2 cm³/mol. The summed E-state index contributed by atoms with van der Waals surface area (Å²) >= 11 is 0. The second kappa shape index (κ2) is 6.97. The molecule has 2 rings (SSSR count). The van der Waals surface area contributed by atoms with Crippen molar-refractivity contribution in [2.24, 2.45) is 0 Å². The van der Waals surface area contributed by atoms with Crippen LogP contribution in [-0.2, 0) is 17.8 Å². The van der Waals surface area contributed by atoms with Crippen molar-refractivity contribution < 1.29 is 13.9 Å². The van der Waals surface area contributed by atoms with Crippen molar-refractivity contribution in [3.8, 4) is 5.75 Å². The van der Waals surface area contributed by atoms with Crippen LogP contribution in [0.1, 0.15) is 23.5 Å². The average Bonchev–Trinajstić information content (AvgIpc) is 2.90. The Balaban J connectivity index is 1.85. The molecule has 1 aromatic heterocycles. The molecule has 1 heterocycles. The number of hydrogen-bond donors (Lipinski definition) is 0. The number of carbonyl (C=O) groups excluding carboxylic acids is 1. The zero-order valence-electron chi connectivity index (χ0n) is 12.8. The highest BCUT2D eigenvalue weighted by Gasteiger charge is 2.11. The molecule has 1 aromatic carbocycles. The van der Waals surface area contributed by atoms with Gasteiger partial charge in [0.15, 0.2) is 0 Å². The lowest BCUT2D eigenvalue weighted by Crippen LogP contribution is -2.26. The van der Waals surface area contributed by atoms with E-state index in [2.05, 4.69) is 0 Å². The van der Waals surface area contributed by atoms with Crippen LogP contribution < -0.4 is 4.74 Å². The van der Waals surface area contributed by atoms with E-state index in [1.807, 2.05) is 43.3 Å². The van der Waals surface area contributed by atoms with E-state index in [9.17, 15) is 4.79 Å². The molecule has 4 heteroatoms. The number of methoxy groups -OCH3 is 1. The largest absolute Gasteiger partial charge is 0.497 e. The minimum atomic E-state index is 0.104. The lowest BCUT2D eigenvalue weighted by Gasteiger charge is -2.15. The summed E-state index contributed by atoms with van der Waals surface area (Å²) in [5.41, 5.74) is 1.10. The van der Waals surface area contributed by atoms with Gasteiger partial charge in [0.2, 0.25) is 5.91 Å². The van der Waals surface area contributed by atoms with Crippen LogP contribution in [0.5, 0.6) is 5.75 Å². The summed E-state index contributed by atoms with van der Waals surface area (Å²) < 4.78 is 10.7. The second-order valence-electron chi connectivity index (χ2n) is 5.11. The van der Waals surface area contributed by atoms with Gasteiger partial charge in [-0.15, -0.1) is 0 Å². The second-order valence-corrected chi connectivity index (χ2v) is 5.11. The maximum atomic E-state index is 12.1. The monoisotopic (exact) mass is 287 g/mol. The smallest absolute Gasteiger partial charge is 0.223 e. The molecule has 0 spiro atoms. The Kier molecular flexibility index (Phi) is 5.04. The Labute approximate surface area is 125 Å².